The van der Waals surface area contributed by atoms with Gasteiger partial charge in [-0.3, -0.25) is 0 Å². The lowest BCUT2D eigenvalue weighted by atomic mass is 10.1. The molecule has 0 saturated heterocycles. The van der Waals surface area contributed by atoms with E-state index in [9.17, 15) is 8.42 Å². The van der Waals surface area contributed by atoms with E-state index in [0.29, 0.717) is 4.90 Å². The number of hydrogen-bond acceptors (Lipinski definition) is 4. The molecule has 0 aliphatic heterocycles. The molecular weight excluding hydrogens is 328 g/mol. The lowest BCUT2D eigenvalue weighted by Crippen LogP contribution is -2.26. The van der Waals surface area contributed by atoms with Crippen LogP contribution in [-0.4, -0.2) is 24.8 Å². The van der Waals surface area contributed by atoms with Crippen LogP contribution in [0.3, 0.4) is 0 Å². The number of fused-ring (bicyclic) bond motifs is 1. The van der Waals surface area contributed by atoms with Crippen molar-refractivity contribution in [2.75, 3.05) is 7.05 Å². The van der Waals surface area contributed by atoms with Crippen molar-refractivity contribution in [1.29, 1.82) is 0 Å². The fraction of sp³-hybridized carbons (Fsp3) is 0.235. The van der Waals surface area contributed by atoms with Gasteiger partial charge in [0.05, 0.1) is 21.7 Å². The summed E-state index contributed by atoms with van der Waals surface area (Å²) in [5.74, 6) is 0. The van der Waals surface area contributed by atoms with Crippen LogP contribution >= 0.6 is 11.3 Å². The largest absolute Gasteiger partial charge is 0.243 e. The van der Waals surface area contributed by atoms with Gasteiger partial charge in [-0.1, -0.05) is 18.2 Å². The highest BCUT2D eigenvalue weighted by molar-refractivity contribution is 7.89. The average molecular weight is 346 g/mol. The average Bonchev–Trinajstić information content (AvgIpc) is 2.92. The van der Waals surface area contributed by atoms with Gasteiger partial charge >= 0.3 is 0 Å². The summed E-state index contributed by atoms with van der Waals surface area (Å²) >= 11 is 1.53. The van der Waals surface area contributed by atoms with Gasteiger partial charge in [0.25, 0.3) is 0 Å². The van der Waals surface area contributed by atoms with Crippen LogP contribution in [0.15, 0.2) is 47.4 Å². The van der Waals surface area contributed by atoms with Crippen molar-refractivity contribution >= 4 is 31.6 Å². The van der Waals surface area contributed by atoms with Crippen molar-refractivity contribution in [3.8, 4) is 0 Å². The van der Waals surface area contributed by atoms with Crippen molar-refractivity contribution in [2.45, 2.75) is 25.3 Å². The Morgan fingerprint density at radius 1 is 1.09 bits per heavy atom. The summed E-state index contributed by atoms with van der Waals surface area (Å²) in [4.78, 5) is 4.83. The molecule has 0 fully saturated rings. The number of hydrogen-bond donors (Lipinski definition) is 0. The topological polar surface area (TPSA) is 50.3 Å². The van der Waals surface area contributed by atoms with Gasteiger partial charge in [0, 0.05) is 7.05 Å². The first-order valence-electron chi connectivity index (χ1n) is 7.26. The molecule has 0 radical (unpaired) electrons. The van der Waals surface area contributed by atoms with Crippen LogP contribution in [0.4, 0.5) is 0 Å². The maximum atomic E-state index is 12.7. The molecule has 0 unspecified atom stereocenters. The second-order valence-corrected chi connectivity index (χ2v) is 8.74. The van der Waals surface area contributed by atoms with Crippen LogP contribution in [0.1, 0.15) is 16.1 Å². The van der Waals surface area contributed by atoms with Gasteiger partial charge in [0.2, 0.25) is 10.0 Å². The predicted molar refractivity (Wildman–Crippen MR) is 94.2 cm³/mol. The van der Waals surface area contributed by atoms with Gasteiger partial charge in [-0.2, -0.15) is 4.31 Å². The van der Waals surface area contributed by atoms with Crippen molar-refractivity contribution in [2.24, 2.45) is 0 Å². The number of nitrogens with zero attached hydrogens (tertiary/aromatic N) is 2. The molecule has 23 heavy (non-hydrogen) atoms. The molecule has 0 N–H and O–H groups in total. The molecule has 0 saturated carbocycles. The van der Waals surface area contributed by atoms with Crippen LogP contribution in [0.5, 0.6) is 0 Å². The molecule has 3 aromatic rings. The number of thiazole rings is 1. The molecule has 0 aliphatic rings. The van der Waals surface area contributed by atoms with Gasteiger partial charge in [0.1, 0.15) is 5.01 Å². The fourth-order valence-corrected chi connectivity index (χ4v) is 4.64. The summed E-state index contributed by atoms with van der Waals surface area (Å²) < 4.78 is 27.9. The zero-order chi connectivity index (χ0) is 16.6. The van der Waals surface area contributed by atoms with E-state index in [2.05, 4.69) is 4.98 Å². The third-order valence-electron chi connectivity index (χ3n) is 3.88. The lowest BCUT2D eigenvalue weighted by molar-refractivity contribution is 0.466. The van der Waals surface area contributed by atoms with Gasteiger partial charge in [-0.05, 0) is 49.2 Å². The minimum absolute atomic E-state index is 0.272. The Balaban J connectivity index is 1.88. The lowest BCUT2D eigenvalue weighted by Gasteiger charge is -2.16. The molecule has 120 valence electrons. The Labute approximate surface area is 140 Å². The van der Waals surface area contributed by atoms with Crippen LogP contribution < -0.4 is 0 Å². The molecule has 0 spiro atoms. The van der Waals surface area contributed by atoms with E-state index in [1.54, 1.807) is 19.2 Å². The van der Waals surface area contributed by atoms with Gasteiger partial charge in [0.15, 0.2) is 0 Å². The van der Waals surface area contributed by atoms with Crippen LogP contribution in [-0.2, 0) is 16.6 Å². The van der Waals surface area contributed by atoms with E-state index in [1.807, 2.05) is 44.2 Å². The number of rotatable bonds is 4. The molecule has 6 heteroatoms. The normalized spacial score (nSPS) is 12.2. The zero-order valence-corrected chi connectivity index (χ0v) is 14.9. The van der Waals surface area contributed by atoms with Gasteiger partial charge < -0.3 is 0 Å². The number of para-hydroxylation sites is 1. The van der Waals surface area contributed by atoms with Crippen molar-refractivity contribution < 1.29 is 8.42 Å². The minimum atomic E-state index is -3.51. The summed E-state index contributed by atoms with van der Waals surface area (Å²) in [5, 5.41) is 0.793. The summed E-state index contributed by atoms with van der Waals surface area (Å²) in [7, 11) is -1.92. The summed E-state index contributed by atoms with van der Waals surface area (Å²) in [6, 6.07) is 13.0. The van der Waals surface area contributed by atoms with Gasteiger partial charge in [-0.15, -0.1) is 11.3 Å². The van der Waals surface area contributed by atoms with E-state index in [4.69, 9.17) is 0 Å². The highest BCUT2D eigenvalue weighted by Gasteiger charge is 2.22. The minimum Gasteiger partial charge on any atom is -0.240 e. The quantitative estimate of drug-likeness (QED) is 0.723. The van der Waals surface area contributed by atoms with E-state index in [-0.39, 0.29) is 6.54 Å². The number of aryl methyl sites for hydroxylation is 2. The first-order valence-corrected chi connectivity index (χ1v) is 9.51. The van der Waals surface area contributed by atoms with E-state index in [1.165, 1.54) is 15.6 Å². The third-order valence-corrected chi connectivity index (χ3v) is 6.70. The third kappa shape index (κ3) is 3.15. The number of sulfonamides is 1. The molecule has 4 nitrogen and oxygen atoms in total. The number of benzene rings is 2. The molecule has 0 amide bonds. The Morgan fingerprint density at radius 2 is 1.83 bits per heavy atom. The second kappa shape index (κ2) is 6.03. The van der Waals surface area contributed by atoms with Crippen molar-refractivity contribution in [3.63, 3.8) is 0 Å². The predicted octanol–water partition coefficient (Wildman–Crippen LogP) is 3.73. The SMILES string of the molecule is Cc1ccc(S(=O)(=O)N(C)Cc2nc3ccccc3s2)cc1C. The molecular formula is C17H18N2O2S2. The second-order valence-electron chi connectivity index (χ2n) is 5.58. The molecule has 0 atom stereocenters. The van der Waals surface area contributed by atoms with Crippen molar-refractivity contribution in [1.82, 2.24) is 9.29 Å². The van der Waals surface area contributed by atoms with Gasteiger partial charge in [-0.25, -0.2) is 13.4 Å². The summed E-state index contributed by atoms with van der Waals surface area (Å²) in [6.07, 6.45) is 0. The summed E-state index contributed by atoms with van der Waals surface area (Å²) in [6.45, 7) is 4.16. The molecule has 0 bridgehead atoms. The maximum absolute atomic E-state index is 12.7. The Hall–Kier alpha value is -1.76. The smallest absolute Gasteiger partial charge is 0.240 e. The van der Waals surface area contributed by atoms with Crippen LogP contribution in [0.25, 0.3) is 10.2 Å². The molecule has 1 heterocycles. The Morgan fingerprint density at radius 3 is 2.52 bits per heavy atom. The first-order chi connectivity index (χ1) is 10.9. The first kappa shape index (κ1) is 16.1. The molecule has 3 rings (SSSR count). The summed E-state index contributed by atoms with van der Waals surface area (Å²) in [5.41, 5.74) is 2.96. The van der Waals surface area contributed by atoms with E-state index >= 15 is 0 Å². The van der Waals surface area contributed by atoms with Crippen LogP contribution in [0.2, 0.25) is 0 Å². The standard InChI is InChI=1S/C17H18N2O2S2/c1-12-8-9-14(10-13(12)2)23(20,21)19(3)11-17-18-15-6-4-5-7-16(15)22-17/h4-10H,11H2,1-3H3. The highest BCUT2D eigenvalue weighted by Crippen LogP contribution is 2.25. The molecule has 1 aromatic heterocycles. The maximum Gasteiger partial charge on any atom is 0.243 e. The van der Waals surface area contributed by atoms with Crippen LogP contribution in [0, 0.1) is 13.8 Å². The Bertz CT molecular complexity index is 929. The molecule has 0 aliphatic carbocycles. The van der Waals surface area contributed by atoms with E-state index in [0.717, 1.165) is 26.4 Å². The zero-order valence-electron chi connectivity index (χ0n) is 13.3. The number of aromatic nitrogens is 1. The monoisotopic (exact) mass is 346 g/mol. The van der Waals surface area contributed by atoms with Crippen molar-refractivity contribution in [3.05, 3.63) is 58.6 Å². The molecule has 2 aromatic carbocycles. The highest BCUT2D eigenvalue weighted by atomic mass is 32.2. The Kier molecular flexibility index (Phi) is 4.23. The fourth-order valence-electron chi connectivity index (χ4n) is 2.32. The van der Waals surface area contributed by atoms with E-state index < -0.39 is 10.0 Å².